The van der Waals surface area contributed by atoms with E-state index in [0.29, 0.717) is 30.0 Å². The van der Waals surface area contributed by atoms with E-state index in [-0.39, 0.29) is 12.1 Å². The number of fused-ring (bicyclic) bond motifs is 3. The summed E-state index contributed by atoms with van der Waals surface area (Å²) in [5.74, 6) is 0.624. The van der Waals surface area contributed by atoms with E-state index in [1.54, 1.807) is 26.0 Å². The number of pyridine rings is 1. The van der Waals surface area contributed by atoms with Gasteiger partial charge in [0.1, 0.15) is 17.9 Å². The Hall–Kier alpha value is -2.38. The van der Waals surface area contributed by atoms with Gasteiger partial charge in [-0.1, -0.05) is 18.2 Å². The zero-order valence-corrected chi connectivity index (χ0v) is 14.1. The summed E-state index contributed by atoms with van der Waals surface area (Å²) in [6.45, 7) is 6.48. The first-order chi connectivity index (χ1) is 11.3. The molecule has 3 aromatic rings. The van der Waals surface area contributed by atoms with Crippen molar-refractivity contribution in [3.63, 3.8) is 0 Å². The minimum absolute atomic E-state index is 0.0871. The van der Waals surface area contributed by atoms with Gasteiger partial charge in [-0.25, -0.2) is 4.98 Å². The summed E-state index contributed by atoms with van der Waals surface area (Å²) in [7, 11) is 0. The Morgan fingerprint density at radius 2 is 2.00 bits per heavy atom. The van der Waals surface area contributed by atoms with Crippen LogP contribution in [0.3, 0.4) is 0 Å². The van der Waals surface area contributed by atoms with Crippen molar-refractivity contribution < 1.29 is 15.1 Å². The van der Waals surface area contributed by atoms with Gasteiger partial charge in [0, 0.05) is 12.0 Å². The van der Waals surface area contributed by atoms with E-state index in [1.807, 2.05) is 23.6 Å². The number of hydrogen-bond donors (Lipinski definition) is 3. The molecule has 0 saturated carbocycles. The fourth-order valence-electron chi connectivity index (χ4n) is 2.88. The lowest BCUT2D eigenvalue weighted by atomic mass is 10.1. The monoisotopic (exact) mass is 330 g/mol. The van der Waals surface area contributed by atoms with Crippen LogP contribution in [0.2, 0.25) is 0 Å². The van der Waals surface area contributed by atoms with Crippen LogP contribution in [0.15, 0.2) is 24.3 Å². The lowest BCUT2D eigenvalue weighted by molar-refractivity contribution is 0.0582. The van der Waals surface area contributed by atoms with Crippen molar-refractivity contribution in [2.75, 3.05) is 6.61 Å². The van der Waals surface area contributed by atoms with Crippen molar-refractivity contribution in [3.05, 3.63) is 35.6 Å². The van der Waals surface area contributed by atoms with E-state index in [2.05, 4.69) is 4.98 Å². The van der Waals surface area contributed by atoms with Crippen molar-refractivity contribution in [2.45, 2.75) is 39.5 Å². The van der Waals surface area contributed by atoms with Crippen LogP contribution >= 0.6 is 0 Å². The van der Waals surface area contributed by atoms with E-state index in [1.165, 1.54) is 0 Å². The van der Waals surface area contributed by atoms with Crippen molar-refractivity contribution in [2.24, 2.45) is 0 Å². The maximum Gasteiger partial charge on any atom is 0.189 e. The van der Waals surface area contributed by atoms with Gasteiger partial charge < -0.3 is 19.6 Å². The highest BCUT2D eigenvalue weighted by Crippen LogP contribution is 2.25. The molecule has 0 radical (unpaired) electrons. The van der Waals surface area contributed by atoms with Crippen LogP contribution in [0.1, 0.15) is 26.6 Å². The van der Waals surface area contributed by atoms with Crippen LogP contribution in [0.4, 0.5) is 0 Å². The SMILES string of the molecule is CCOCc1nc2c(=N)n(O)c3ccccc3c2n1CC(C)(C)O. The van der Waals surface area contributed by atoms with Gasteiger partial charge in [-0.15, -0.1) is 0 Å². The molecule has 7 heteroatoms. The van der Waals surface area contributed by atoms with Crippen LogP contribution in [0.25, 0.3) is 21.9 Å². The molecule has 1 aromatic carbocycles. The maximum absolute atomic E-state index is 10.3. The van der Waals surface area contributed by atoms with Crippen LogP contribution in [0, 0.1) is 5.41 Å². The van der Waals surface area contributed by atoms with Crippen LogP contribution < -0.4 is 5.49 Å². The summed E-state index contributed by atoms with van der Waals surface area (Å²) < 4.78 is 8.21. The average molecular weight is 330 g/mol. The third-order valence-electron chi connectivity index (χ3n) is 3.85. The van der Waals surface area contributed by atoms with E-state index >= 15 is 0 Å². The summed E-state index contributed by atoms with van der Waals surface area (Å²) in [6, 6.07) is 7.29. The minimum Gasteiger partial charge on any atom is -0.426 e. The second-order valence-electron chi connectivity index (χ2n) is 6.44. The number of nitrogens with one attached hydrogen (secondary N) is 1. The van der Waals surface area contributed by atoms with Gasteiger partial charge in [0.05, 0.1) is 23.2 Å². The average Bonchev–Trinajstić information content (AvgIpc) is 2.87. The molecule has 0 bridgehead atoms. The predicted molar refractivity (Wildman–Crippen MR) is 89.9 cm³/mol. The standard InChI is InChI=1S/C17H22N4O3/c1-4-24-9-13-19-14-15(20(13)10-17(2,3)22)11-7-5-6-8-12(11)21(23)16(14)18/h5-8,18,22-23H,4,9-10H2,1-3H3. The highest BCUT2D eigenvalue weighted by Gasteiger charge is 2.22. The molecule has 0 amide bonds. The van der Waals surface area contributed by atoms with E-state index in [0.717, 1.165) is 15.6 Å². The molecular formula is C17H22N4O3. The number of rotatable bonds is 5. The third kappa shape index (κ3) is 2.76. The summed E-state index contributed by atoms with van der Waals surface area (Å²) in [4.78, 5) is 4.50. The van der Waals surface area contributed by atoms with Gasteiger partial charge in [0.2, 0.25) is 0 Å². The number of benzene rings is 1. The summed E-state index contributed by atoms with van der Waals surface area (Å²) in [5, 5.41) is 29.6. The number of para-hydroxylation sites is 1. The fraction of sp³-hybridized carbons (Fsp3) is 0.412. The maximum atomic E-state index is 10.3. The Kier molecular flexibility index (Phi) is 4.06. The fourth-order valence-corrected chi connectivity index (χ4v) is 2.88. The van der Waals surface area contributed by atoms with Gasteiger partial charge in [0.15, 0.2) is 5.49 Å². The molecular weight excluding hydrogens is 308 g/mol. The van der Waals surface area contributed by atoms with Crippen molar-refractivity contribution >= 4 is 21.9 Å². The Labute approximate surface area is 139 Å². The molecule has 7 nitrogen and oxygen atoms in total. The molecule has 2 heterocycles. The topological polar surface area (TPSA) is 96.3 Å². The zero-order valence-electron chi connectivity index (χ0n) is 14.1. The van der Waals surface area contributed by atoms with E-state index in [4.69, 9.17) is 10.1 Å². The molecule has 2 aromatic heterocycles. The van der Waals surface area contributed by atoms with E-state index < -0.39 is 5.60 Å². The number of ether oxygens (including phenoxy) is 1. The molecule has 0 aliphatic rings. The van der Waals surface area contributed by atoms with Crippen LogP contribution in [-0.2, 0) is 17.9 Å². The molecule has 0 unspecified atom stereocenters. The van der Waals surface area contributed by atoms with Gasteiger partial charge in [-0.05, 0) is 26.8 Å². The number of nitrogens with zero attached hydrogens (tertiary/aromatic N) is 3. The lowest BCUT2D eigenvalue weighted by Crippen LogP contribution is -2.27. The molecule has 0 fully saturated rings. The highest BCUT2D eigenvalue weighted by atomic mass is 16.5. The molecule has 0 aliphatic carbocycles. The first-order valence-electron chi connectivity index (χ1n) is 7.90. The summed E-state index contributed by atoms with van der Waals surface area (Å²) in [6.07, 6.45) is 0. The number of hydrogen-bond acceptors (Lipinski definition) is 5. The number of imidazole rings is 1. The molecule has 0 aliphatic heterocycles. The Balaban J connectivity index is 2.41. The smallest absolute Gasteiger partial charge is 0.189 e. The van der Waals surface area contributed by atoms with Crippen molar-refractivity contribution in [1.82, 2.24) is 14.3 Å². The molecule has 24 heavy (non-hydrogen) atoms. The lowest BCUT2D eigenvalue weighted by Gasteiger charge is -2.20. The van der Waals surface area contributed by atoms with Crippen LogP contribution in [0.5, 0.6) is 0 Å². The number of aliphatic hydroxyl groups is 1. The molecule has 0 saturated heterocycles. The molecule has 3 rings (SSSR count). The van der Waals surface area contributed by atoms with E-state index in [9.17, 15) is 10.3 Å². The first-order valence-corrected chi connectivity index (χ1v) is 7.90. The van der Waals surface area contributed by atoms with Crippen molar-refractivity contribution in [1.29, 1.82) is 5.41 Å². The third-order valence-corrected chi connectivity index (χ3v) is 3.85. The second-order valence-corrected chi connectivity index (χ2v) is 6.44. The Morgan fingerprint density at radius 3 is 2.67 bits per heavy atom. The quantitative estimate of drug-likeness (QED) is 0.624. The van der Waals surface area contributed by atoms with Crippen LogP contribution in [-0.4, -0.2) is 36.8 Å². The zero-order chi connectivity index (χ0) is 17.5. The van der Waals surface area contributed by atoms with Crippen molar-refractivity contribution in [3.8, 4) is 0 Å². The van der Waals surface area contributed by atoms with Gasteiger partial charge in [0.25, 0.3) is 0 Å². The first kappa shape index (κ1) is 16.5. The Bertz CT molecular complexity index is 950. The molecule has 0 spiro atoms. The number of aromatic nitrogens is 3. The summed E-state index contributed by atoms with van der Waals surface area (Å²) in [5.41, 5.74) is 0.585. The molecule has 128 valence electrons. The predicted octanol–water partition coefficient (Wildman–Crippen LogP) is 2.02. The van der Waals surface area contributed by atoms with Gasteiger partial charge in [-0.3, -0.25) is 5.41 Å². The highest BCUT2D eigenvalue weighted by molar-refractivity contribution is 6.02. The molecule has 0 atom stereocenters. The Morgan fingerprint density at radius 1 is 1.29 bits per heavy atom. The minimum atomic E-state index is -0.955. The summed E-state index contributed by atoms with van der Waals surface area (Å²) >= 11 is 0. The second kappa shape index (κ2) is 5.92. The normalized spacial score (nSPS) is 12.3. The largest absolute Gasteiger partial charge is 0.426 e. The molecule has 3 N–H and O–H groups in total. The van der Waals surface area contributed by atoms with Gasteiger partial charge in [-0.2, -0.15) is 4.73 Å². The van der Waals surface area contributed by atoms with Gasteiger partial charge >= 0.3 is 0 Å².